The van der Waals surface area contributed by atoms with Gasteiger partial charge >= 0.3 is 11.9 Å². The van der Waals surface area contributed by atoms with Gasteiger partial charge in [-0.1, -0.05) is 13.0 Å². The topological polar surface area (TPSA) is 83.8 Å². The molecule has 2 unspecified atom stereocenters. The lowest BCUT2D eigenvalue weighted by atomic mass is 9.71. The standard InChI is InChI=1S/C14H17BrO5/c1-4-14(2,13(18)19)11(12(16)17)8-5-6-10(20-3)9(15)7-8/h5-7,11H,4H2,1-3H3,(H,16,17)(H,18,19). The molecule has 0 radical (unpaired) electrons. The Morgan fingerprint density at radius 2 is 2.00 bits per heavy atom. The maximum Gasteiger partial charge on any atom is 0.312 e. The van der Waals surface area contributed by atoms with E-state index in [0.29, 0.717) is 15.8 Å². The summed E-state index contributed by atoms with van der Waals surface area (Å²) in [6, 6.07) is 4.79. The van der Waals surface area contributed by atoms with Crippen LogP contribution in [0.4, 0.5) is 0 Å². The quantitative estimate of drug-likeness (QED) is 0.828. The van der Waals surface area contributed by atoms with E-state index in [2.05, 4.69) is 15.9 Å². The molecular formula is C14H17BrO5. The molecule has 0 aliphatic heterocycles. The molecule has 0 heterocycles. The highest BCUT2D eigenvalue weighted by Crippen LogP contribution is 2.41. The average molecular weight is 345 g/mol. The molecule has 2 atom stereocenters. The summed E-state index contributed by atoms with van der Waals surface area (Å²) in [5.74, 6) is -2.85. The Morgan fingerprint density at radius 1 is 1.40 bits per heavy atom. The number of ether oxygens (including phenoxy) is 1. The molecule has 5 nitrogen and oxygen atoms in total. The highest BCUT2D eigenvalue weighted by Gasteiger charge is 2.45. The van der Waals surface area contributed by atoms with Crippen LogP contribution < -0.4 is 4.74 Å². The van der Waals surface area contributed by atoms with Crippen LogP contribution in [0.1, 0.15) is 31.7 Å². The van der Waals surface area contributed by atoms with Crippen LogP contribution in [0.3, 0.4) is 0 Å². The number of halogens is 1. The molecular weight excluding hydrogens is 328 g/mol. The predicted octanol–water partition coefficient (Wildman–Crippen LogP) is 3.13. The maximum absolute atomic E-state index is 11.6. The van der Waals surface area contributed by atoms with Crippen LogP contribution in [0.15, 0.2) is 22.7 Å². The summed E-state index contributed by atoms with van der Waals surface area (Å²) < 4.78 is 5.68. The SMILES string of the molecule is CCC(C)(C(=O)O)C(C(=O)O)c1ccc(OC)c(Br)c1. The molecule has 20 heavy (non-hydrogen) atoms. The average Bonchev–Trinajstić information content (AvgIpc) is 2.38. The van der Waals surface area contributed by atoms with Gasteiger partial charge in [0.15, 0.2) is 0 Å². The van der Waals surface area contributed by atoms with Gasteiger partial charge in [-0.05, 0) is 47.0 Å². The number of methoxy groups -OCH3 is 1. The summed E-state index contributed by atoms with van der Waals surface area (Å²) in [4.78, 5) is 23.0. The molecule has 1 rings (SSSR count). The van der Waals surface area contributed by atoms with Gasteiger partial charge in [0.25, 0.3) is 0 Å². The van der Waals surface area contributed by atoms with Crippen molar-refractivity contribution in [1.82, 2.24) is 0 Å². The molecule has 0 saturated carbocycles. The van der Waals surface area contributed by atoms with Gasteiger partial charge in [-0.2, -0.15) is 0 Å². The molecule has 0 aliphatic carbocycles. The van der Waals surface area contributed by atoms with Crippen molar-refractivity contribution in [3.05, 3.63) is 28.2 Å². The summed E-state index contributed by atoms with van der Waals surface area (Å²) in [6.07, 6.45) is 0.211. The zero-order valence-electron chi connectivity index (χ0n) is 11.5. The van der Waals surface area contributed by atoms with Crippen molar-refractivity contribution in [1.29, 1.82) is 0 Å². The van der Waals surface area contributed by atoms with Crippen LogP contribution in [-0.2, 0) is 9.59 Å². The minimum absolute atomic E-state index is 0.211. The Bertz CT molecular complexity index is 528. The molecule has 0 bridgehead atoms. The predicted molar refractivity (Wildman–Crippen MR) is 77.1 cm³/mol. The first-order chi connectivity index (χ1) is 9.27. The third-order valence-electron chi connectivity index (χ3n) is 3.62. The fourth-order valence-corrected chi connectivity index (χ4v) is 2.68. The van der Waals surface area contributed by atoms with Crippen LogP contribution >= 0.6 is 15.9 Å². The number of hydrogen-bond acceptors (Lipinski definition) is 3. The zero-order chi connectivity index (χ0) is 15.5. The third-order valence-corrected chi connectivity index (χ3v) is 4.24. The first kappa shape index (κ1) is 16.5. The molecule has 0 spiro atoms. The molecule has 110 valence electrons. The maximum atomic E-state index is 11.6. The van der Waals surface area contributed by atoms with Crippen LogP contribution in [0.5, 0.6) is 5.75 Å². The minimum Gasteiger partial charge on any atom is -0.496 e. The molecule has 0 aliphatic rings. The minimum atomic E-state index is -1.38. The van der Waals surface area contributed by atoms with Gasteiger partial charge in [-0.25, -0.2) is 0 Å². The molecule has 0 fully saturated rings. The lowest BCUT2D eigenvalue weighted by Gasteiger charge is -2.30. The molecule has 0 saturated heterocycles. The molecule has 0 amide bonds. The first-order valence-corrected chi connectivity index (χ1v) is 6.86. The number of hydrogen-bond donors (Lipinski definition) is 2. The van der Waals surface area contributed by atoms with Crippen molar-refractivity contribution >= 4 is 27.9 Å². The van der Waals surface area contributed by atoms with Gasteiger partial charge < -0.3 is 14.9 Å². The van der Waals surface area contributed by atoms with Crippen LogP contribution in [0.2, 0.25) is 0 Å². The van der Waals surface area contributed by atoms with Crippen molar-refractivity contribution in [3.63, 3.8) is 0 Å². The van der Waals surface area contributed by atoms with E-state index in [9.17, 15) is 19.8 Å². The van der Waals surface area contributed by atoms with E-state index in [0.717, 1.165) is 0 Å². The molecule has 1 aromatic rings. The highest BCUT2D eigenvalue weighted by atomic mass is 79.9. The normalized spacial score (nSPS) is 15.2. The number of carboxylic acid groups (broad SMARTS) is 2. The van der Waals surface area contributed by atoms with Crippen molar-refractivity contribution in [3.8, 4) is 5.75 Å². The van der Waals surface area contributed by atoms with E-state index in [1.807, 2.05) is 0 Å². The smallest absolute Gasteiger partial charge is 0.312 e. The van der Waals surface area contributed by atoms with E-state index in [-0.39, 0.29) is 6.42 Å². The second-order valence-corrected chi connectivity index (χ2v) is 5.60. The first-order valence-electron chi connectivity index (χ1n) is 6.07. The zero-order valence-corrected chi connectivity index (χ0v) is 13.1. The summed E-state index contributed by atoms with van der Waals surface area (Å²) in [7, 11) is 1.50. The molecule has 0 aromatic heterocycles. The van der Waals surface area contributed by atoms with Gasteiger partial charge in [-0.3, -0.25) is 9.59 Å². The second-order valence-electron chi connectivity index (χ2n) is 4.74. The number of aliphatic carboxylic acids is 2. The van der Waals surface area contributed by atoms with E-state index in [1.165, 1.54) is 14.0 Å². The number of carbonyl (C=O) groups is 2. The van der Waals surface area contributed by atoms with E-state index >= 15 is 0 Å². The summed E-state index contributed by atoms with van der Waals surface area (Å²) in [6.45, 7) is 3.12. The second kappa shape index (κ2) is 6.26. The van der Waals surface area contributed by atoms with Crippen LogP contribution in [0.25, 0.3) is 0 Å². The van der Waals surface area contributed by atoms with Crippen molar-refractivity contribution in [2.45, 2.75) is 26.2 Å². The largest absolute Gasteiger partial charge is 0.496 e. The third kappa shape index (κ3) is 2.95. The molecule has 2 N–H and O–H groups in total. The lowest BCUT2D eigenvalue weighted by Crippen LogP contribution is -2.38. The van der Waals surface area contributed by atoms with Crippen molar-refractivity contribution < 1.29 is 24.5 Å². The van der Waals surface area contributed by atoms with Gasteiger partial charge in [0.1, 0.15) is 5.75 Å². The van der Waals surface area contributed by atoms with Gasteiger partial charge in [-0.15, -0.1) is 0 Å². The van der Waals surface area contributed by atoms with Crippen LogP contribution in [0, 0.1) is 5.41 Å². The number of carboxylic acids is 2. The Balaban J connectivity index is 3.38. The molecule has 6 heteroatoms. The van der Waals surface area contributed by atoms with Crippen molar-refractivity contribution in [2.75, 3.05) is 7.11 Å². The Hall–Kier alpha value is -1.56. The van der Waals surface area contributed by atoms with E-state index in [1.54, 1.807) is 25.1 Å². The van der Waals surface area contributed by atoms with Crippen molar-refractivity contribution in [2.24, 2.45) is 5.41 Å². The van der Waals surface area contributed by atoms with Gasteiger partial charge in [0, 0.05) is 0 Å². The monoisotopic (exact) mass is 344 g/mol. The Labute approximate surface area is 125 Å². The highest BCUT2D eigenvalue weighted by molar-refractivity contribution is 9.10. The Morgan fingerprint density at radius 3 is 2.35 bits per heavy atom. The van der Waals surface area contributed by atoms with Crippen LogP contribution in [-0.4, -0.2) is 29.3 Å². The van der Waals surface area contributed by atoms with Gasteiger partial charge in [0.2, 0.25) is 0 Å². The summed E-state index contributed by atoms with van der Waals surface area (Å²) >= 11 is 3.29. The van der Waals surface area contributed by atoms with Gasteiger partial charge in [0.05, 0.1) is 22.9 Å². The summed E-state index contributed by atoms with van der Waals surface area (Å²) in [5, 5.41) is 18.8. The lowest BCUT2D eigenvalue weighted by molar-refractivity contribution is -0.157. The van der Waals surface area contributed by atoms with E-state index < -0.39 is 23.3 Å². The number of rotatable bonds is 6. The number of benzene rings is 1. The van der Waals surface area contributed by atoms with E-state index in [4.69, 9.17) is 4.74 Å². The fraction of sp³-hybridized carbons (Fsp3) is 0.429. The molecule has 1 aromatic carbocycles. The summed E-state index contributed by atoms with van der Waals surface area (Å²) in [5.41, 5.74) is -0.947. The fourth-order valence-electron chi connectivity index (χ4n) is 2.12. The Kier molecular flexibility index (Phi) is 5.16.